The van der Waals surface area contributed by atoms with Crippen molar-refractivity contribution in [2.24, 2.45) is 10.4 Å². The SMILES string of the molecule is CN=C(NCCc1c(OC)cc(OC)cc1OC)NCC1(CCO)CCOC1.I. The van der Waals surface area contributed by atoms with E-state index in [1.165, 1.54) is 0 Å². The first-order valence-corrected chi connectivity index (χ1v) is 9.53. The van der Waals surface area contributed by atoms with Crippen LogP contribution in [-0.4, -0.2) is 72.4 Å². The van der Waals surface area contributed by atoms with Gasteiger partial charge in [-0.05, 0) is 19.3 Å². The molecule has 1 aliphatic heterocycles. The zero-order valence-corrected chi connectivity index (χ0v) is 20.1. The third-order valence-corrected chi connectivity index (χ3v) is 5.17. The average Bonchev–Trinajstić information content (AvgIpc) is 3.19. The number of guanidine groups is 1. The van der Waals surface area contributed by atoms with Crippen molar-refractivity contribution in [3.8, 4) is 17.2 Å². The summed E-state index contributed by atoms with van der Waals surface area (Å²) >= 11 is 0. The lowest BCUT2D eigenvalue weighted by Gasteiger charge is -2.27. The number of halogens is 1. The molecule has 0 spiro atoms. The fourth-order valence-corrected chi connectivity index (χ4v) is 3.43. The first kappa shape index (κ1) is 25.6. The summed E-state index contributed by atoms with van der Waals surface area (Å²) in [6.45, 7) is 2.93. The number of rotatable bonds is 10. The predicted octanol–water partition coefficient (Wildman–Crippen LogP) is 1.83. The summed E-state index contributed by atoms with van der Waals surface area (Å²) < 4.78 is 21.8. The second-order valence-electron chi connectivity index (χ2n) is 6.89. The molecule has 0 radical (unpaired) electrons. The van der Waals surface area contributed by atoms with Gasteiger partial charge in [0.25, 0.3) is 0 Å². The van der Waals surface area contributed by atoms with Gasteiger partial charge in [0.1, 0.15) is 17.2 Å². The Hall–Kier alpha value is -1.46. The van der Waals surface area contributed by atoms with Crippen LogP contribution in [0.15, 0.2) is 17.1 Å². The molecule has 1 aromatic carbocycles. The molecule has 1 unspecified atom stereocenters. The Bertz CT molecular complexity index is 626. The van der Waals surface area contributed by atoms with Crippen LogP contribution in [-0.2, 0) is 11.2 Å². The molecule has 0 aliphatic carbocycles. The molecule has 0 saturated carbocycles. The number of hydrogen-bond acceptors (Lipinski definition) is 6. The van der Waals surface area contributed by atoms with Gasteiger partial charge in [-0.1, -0.05) is 0 Å². The van der Waals surface area contributed by atoms with Crippen molar-refractivity contribution >= 4 is 29.9 Å². The van der Waals surface area contributed by atoms with Crippen molar-refractivity contribution in [1.29, 1.82) is 0 Å². The van der Waals surface area contributed by atoms with Crippen molar-refractivity contribution in [3.63, 3.8) is 0 Å². The summed E-state index contributed by atoms with van der Waals surface area (Å²) in [5.41, 5.74) is 0.934. The van der Waals surface area contributed by atoms with Gasteiger partial charge >= 0.3 is 0 Å². The lowest BCUT2D eigenvalue weighted by Crippen LogP contribution is -2.45. The average molecular weight is 523 g/mol. The number of nitrogens with zero attached hydrogens (tertiary/aromatic N) is 1. The minimum Gasteiger partial charge on any atom is -0.496 e. The summed E-state index contributed by atoms with van der Waals surface area (Å²) in [7, 11) is 6.63. The van der Waals surface area contributed by atoms with Gasteiger partial charge < -0.3 is 34.7 Å². The molecule has 1 atom stereocenters. The van der Waals surface area contributed by atoms with Crippen molar-refractivity contribution in [2.75, 3.05) is 61.3 Å². The Morgan fingerprint density at radius 2 is 1.86 bits per heavy atom. The molecule has 2 rings (SSSR count). The fourth-order valence-electron chi connectivity index (χ4n) is 3.43. The number of aliphatic hydroxyl groups excluding tert-OH is 1. The highest BCUT2D eigenvalue weighted by Crippen LogP contribution is 2.34. The van der Waals surface area contributed by atoms with Gasteiger partial charge in [0.2, 0.25) is 0 Å². The molecule has 166 valence electrons. The maximum Gasteiger partial charge on any atom is 0.191 e. The molecule has 1 aromatic rings. The van der Waals surface area contributed by atoms with Crippen LogP contribution in [0.4, 0.5) is 0 Å². The number of hydrogen-bond donors (Lipinski definition) is 3. The van der Waals surface area contributed by atoms with Gasteiger partial charge in [0.05, 0.1) is 27.9 Å². The van der Waals surface area contributed by atoms with Crippen LogP contribution < -0.4 is 24.8 Å². The van der Waals surface area contributed by atoms with E-state index in [0.717, 1.165) is 42.5 Å². The molecule has 8 nitrogen and oxygen atoms in total. The van der Waals surface area contributed by atoms with E-state index in [2.05, 4.69) is 15.6 Å². The minimum atomic E-state index is -0.0329. The first-order valence-electron chi connectivity index (χ1n) is 9.53. The molecule has 3 N–H and O–H groups in total. The number of ether oxygens (including phenoxy) is 4. The van der Waals surface area contributed by atoms with Crippen LogP contribution in [0.2, 0.25) is 0 Å². The topological polar surface area (TPSA) is 93.6 Å². The van der Waals surface area contributed by atoms with Gasteiger partial charge in [0.15, 0.2) is 5.96 Å². The predicted molar refractivity (Wildman–Crippen MR) is 124 cm³/mol. The molecule has 0 amide bonds. The highest BCUT2D eigenvalue weighted by atomic mass is 127. The zero-order valence-electron chi connectivity index (χ0n) is 17.7. The molecule has 0 aromatic heterocycles. The summed E-state index contributed by atoms with van der Waals surface area (Å²) in [5, 5.41) is 16.0. The third-order valence-electron chi connectivity index (χ3n) is 5.17. The molecule has 0 bridgehead atoms. The highest BCUT2D eigenvalue weighted by molar-refractivity contribution is 14.0. The Balaban J connectivity index is 0.00000420. The number of aliphatic hydroxyl groups is 1. The molecule has 29 heavy (non-hydrogen) atoms. The number of benzene rings is 1. The lowest BCUT2D eigenvalue weighted by molar-refractivity contribution is 0.127. The van der Waals surface area contributed by atoms with Crippen LogP contribution in [0.1, 0.15) is 18.4 Å². The molecular formula is C20H34IN3O5. The summed E-state index contributed by atoms with van der Waals surface area (Å²) in [6, 6.07) is 3.70. The van der Waals surface area contributed by atoms with Gasteiger partial charge in [-0.15, -0.1) is 24.0 Å². The number of nitrogens with one attached hydrogen (secondary N) is 2. The van der Waals surface area contributed by atoms with E-state index >= 15 is 0 Å². The first-order chi connectivity index (χ1) is 13.6. The van der Waals surface area contributed by atoms with Gasteiger partial charge in [0, 0.05) is 56.5 Å². The standard InChI is InChI=1S/C20H33N3O5.HI/c1-21-19(23-13-20(6-9-24)7-10-28-14-20)22-8-5-16-17(26-3)11-15(25-2)12-18(16)27-4;/h11-12,24H,5-10,13-14H2,1-4H3,(H2,21,22,23);1H. The van der Waals surface area contributed by atoms with Gasteiger partial charge in [-0.2, -0.15) is 0 Å². The number of aliphatic imine (C=N–C) groups is 1. The van der Waals surface area contributed by atoms with E-state index in [1.807, 2.05) is 12.1 Å². The number of methoxy groups -OCH3 is 3. The molecule has 1 saturated heterocycles. The van der Waals surface area contributed by atoms with Gasteiger partial charge in [-0.3, -0.25) is 4.99 Å². The third kappa shape index (κ3) is 7.07. The second-order valence-corrected chi connectivity index (χ2v) is 6.89. The van der Waals surface area contributed by atoms with E-state index in [-0.39, 0.29) is 36.0 Å². The Labute approximate surface area is 190 Å². The van der Waals surface area contributed by atoms with Crippen LogP contribution in [0, 0.1) is 5.41 Å². The van der Waals surface area contributed by atoms with E-state index in [0.29, 0.717) is 31.9 Å². The summed E-state index contributed by atoms with van der Waals surface area (Å²) in [5.74, 6) is 2.86. The maximum absolute atomic E-state index is 9.36. The van der Waals surface area contributed by atoms with Crippen LogP contribution in [0.3, 0.4) is 0 Å². The van der Waals surface area contributed by atoms with Crippen molar-refractivity contribution < 1.29 is 24.1 Å². The van der Waals surface area contributed by atoms with Crippen molar-refractivity contribution in [3.05, 3.63) is 17.7 Å². The van der Waals surface area contributed by atoms with Crippen LogP contribution in [0.5, 0.6) is 17.2 Å². The maximum atomic E-state index is 9.36. The van der Waals surface area contributed by atoms with Crippen LogP contribution in [0.25, 0.3) is 0 Å². The minimum absolute atomic E-state index is 0. The normalized spacial score (nSPS) is 18.7. The summed E-state index contributed by atoms with van der Waals surface area (Å²) in [6.07, 6.45) is 2.36. The highest BCUT2D eigenvalue weighted by Gasteiger charge is 2.34. The monoisotopic (exact) mass is 523 g/mol. The van der Waals surface area contributed by atoms with E-state index in [4.69, 9.17) is 18.9 Å². The molecular weight excluding hydrogens is 489 g/mol. The molecule has 1 fully saturated rings. The van der Waals surface area contributed by atoms with Crippen molar-refractivity contribution in [2.45, 2.75) is 19.3 Å². The smallest absolute Gasteiger partial charge is 0.191 e. The quantitative estimate of drug-likeness (QED) is 0.245. The second kappa shape index (κ2) is 13.0. The van der Waals surface area contributed by atoms with E-state index in [9.17, 15) is 5.11 Å². The molecule has 1 heterocycles. The van der Waals surface area contributed by atoms with E-state index in [1.54, 1.807) is 28.4 Å². The Morgan fingerprint density at radius 3 is 2.34 bits per heavy atom. The van der Waals surface area contributed by atoms with Crippen LogP contribution >= 0.6 is 24.0 Å². The van der Waals surface area contributed by atoms with Crippen molar-refractivity contribution in [1.82, 2.24) is 10.6 Å². The molecule has 1 aliphatic rings. The zero-order chi connectivity index (χ0) is 20.4. The Morgan fingerprint density at radius 1 is 1.17 bits per heavy atom. The molecule has 9 heteroatoms. The largest absolute Gasteiger partial charge is 0.496 e. The summed E-state index contributed by atoms with van der Waals surface area (Å²) in [4.78, 5) is 4.29. The van der Waals surface area contributed by atoms with E-state index < -0.39 is 0 Å². The Kier molecular flexibility index (Phi) is 11.4. The fraction of sp³-hybridized carbons (Fsp3) is 0.650. The van der Waals surface area contributed by atoms with Gasteiger partial charge in [-0.25, -0.2) is 0 Å². The lowest BCUT2D eigenvalue weighted by atomic mass is 9.84.